The molecule has 1 heterocycles. The van der Waals surface area contributed by atoms with Crippen LogP contribution in [-0.2, 0) is 16.0 Å². The van der Waals surface area contributed by atoms with E-state index >= 15 is 0 Å². The van der Waals surface area contributed by atoms with Crippen molar-refractivity contribution >= 4 is 6.29 Å². The summed E-state index contributed by atoms with van der Waals surface area (Å²) in [6, 6.07) is 10.2. The molecule has 88 valence electrons. The fourth-order valence-electron chi connectivity index (χ4n) is 1.92. The molecule has 0 amide bonds. The van der Waals surface area contributed by atoms with E-state index in [9.17, 15) is 4.79 Å². The first-order valence-corrected chi connectivity index (χ1v) is 5.82. The second kappa shape index (κ2) is 5.48. The van der Waals surface area contributed by atoms with E-state index in [1.807, 2.05) is 37.3 Å². The first-order chi connectivity index (χ1) is 8.29. The van der Waals surface area contributed by atoms with Gasteiger partial charge in [0.1, 0.15) is 18.1 Å². The van der Waals surface area contributed by atoms with E-state index in [2.05, 4.69) is 12.1 Å². The summed E-state index contributed by atoms with van der Waals surface area (Å²) in [7, 11) is 0. The normalized spacial score (nSPS) is 19.7. The van der Waals surface area contributed by atoms with E-state index in [0.29, 0.717) is 6.42 Å². The fraction of sp³-hybridized carbons (Fsp3) is 0.267. The standard InChI is InChI=1S/C15H16O2/c1-12-14(11-16)8-5-9-15(17-12)10-13-6-3-2-4-7-13/h2-7,9,11,15H,8,10H2,1H3/t15-/m1/s1. The SMILES string of the molecule is CC1=C(C=O)CC=C[C@H](Cc2ccccc2)O1. The number of hydrogen-bond donors (Lipinski definition) is 0. The van der Waals surface area contributed by atoms with Gasteiger partial charge in [0.15, 0.2) is 0 Å². The van der Waals surface area contributed by atoms with Gasteiger partial charge in [-0.15, -0.1) is 0 Å². The van der Waals surface area contributed by atoms with Gasteiger partial charge in [-0.05, 0) is 25.0 Å². The van der Waals surface area contributed by atoms with Crippen LogP contribution in [0.3, 0.4) is 0 Å². The summed E-state index contributed by atoms with van der Waals surface area (Å²) < 4.78 is 5.78. The summed E-state index contributed by atoms with van der Waals surface area (Å²) >= 11 is 0. The van der Waals surface area contributed by atoms with Crippen LogP contribution in [0.4, 0.5) is 0 Å². The van der Waals surface area contributed by atoms with Gasteiger partial charge in [-0.1, -0.05) is 36.4 Å². The van der Waals surface area contributed by atoms with E-state index < -0.39 is 0 Å². The summed E-state index contributed by atoms with van der Waals surface area (Å²) in [4.78, 5) is 10.8. The zero-order valence-corrected chi connectivity index (χ0v) is 9.93. The summed E-state index contributed by atoms with van der Waals surface area (Å²) in [5, 5.41) is 0. The number of hydrogen-bond acceptors (Lipinski definition) is 2. The molecule has 1 atom stereocenters. The summed E-state index contributed by atoms with van der Waals surface area (Å²) in [5.74, 6) is 0.742. The number of allylic oxidation sites excluding steroid dienone is 3. The maximum atomic E-state index is 10.8. The molecule has 17 heavy (non-hydrogen) atoms. The second-order valence-electron chi connectivity index (χ2n) is 4.18. The lowest BCUT2D eigenvalue weighted by Gasteiger charge is -2.15. The Bertz CT molecular complexity index is 443. The molecule has 0 aromatic heterocycles. The van der Waals surface area contributed by atoms with Crippen molar-refractivity contribution in [1.82, 2.24) is 0 Å². The van der Waals surface area contributed by atoms with Crippen LogP contribution in [0, 0.1) is 0 Å². The van der Waals surface area contributed by atoms with Crippen LogP contribution in [0.1, 0.15) is 18.9 Å². The molecule has 1 aliphatic heterocycles. The van der Waals surface area contributed by atoms with Crippen LogP contribution >= 0.6 is 0 Å². The predicted molar refractivity (Wildman–Crippen MR) is 67.5 cm³/mol. The molecule has 0 aliphatic carbocycles. The largest absolute Gasteiger partial charge is 0.490 e. The monoisotopic (exact) mass is 228 g/mol. The molecular formula is C15H16O2. The highest BCUT2D eigenvalue weighted by atomic mass is 16.5. The Labute approximate surface area is 102 Å². The number of benzene rings is 1. The average Bonchev–Trinajstić information content (AvgIpc) is 2.52. The summed E-state index contributed by atoms with van der Waals surface area (Å²) in [5.41, 5.74) is 1.97. The minimum Gasteiger partial charge on any atom is -0.490 e. The van der Waals surface area contributed by atoms with E-state index in [4.69, 9.17) is 4.74 Å². The summed E-state index contributed by atoms with van der Waals surface area (Å²) in [6.07, 6.45) is 6.45. The number of carbonyl (C=O) groups excluding carboxylic acids is 1. The van der Waals surface area contributed by atoms with Crippen molar-refractivity contribution in [3.8, 4) is 0 Å². The third-order valence-electron chi connectivity index (χ3n) is 2.89. The zero-order valence-electron chi connectivity index (χ0n) is 9.93. The van der Waals surface area contributed by atoms with Crippen molar-refractivity contribution in [2.75, 3.05) is 0 Å². The van der Waals surface area contributed by atoms with Crippen LogP contribution < -0.4 is 0 Å². The molecule has 2 rings (SSSR count). The van der Waals surface area contributed by atoms with Gasteiger partial charge in [-0.25, -0.2) is 0 Å². The minimum absolute atomic E-state index is 0.0230. The smallest absolute Gasteiger partial charge is 0.149 e. The Balaban J connectivity index is 2.09. The van der Waals surface area contributed by atoms with Crippen LogP contribution in [0.2, 0.25) is 0 Å². The van der Waals surface area contributed by atoms with Crippen LogP contribution in [0.5, 0.6) is 0 Å². The van der Waals surface area contributed by atoms with Gasteiger partial charge in [-0.3, -0.25) is 4.79 Å². The lowest BCUT2D eigenvalue weighted by Crippen LogP contribution is -2.12. The molecule has 0 saturated heterocycles. The minimum atomic E-state index is 0.0230. The number of ether oxygens (including phenoxy) is 1. The van der Waals surface area contributed by atoms with Crippen molar-refractivity contribution in [2.45, 2.75) is 25.9 Å². The molecule has 0 unspecified atom stereocenters. The second-order valence-corrected chi connectivity index (χ2v) is 4.18. The van der Waals surface area contributed by atoms with Crippen molar-refractivity contribution in [1.29, 1.82) is 0 Å². The maximum Gasteiger partial charge on any atom is 0.149 e. The lowest BCUT2D eigenvalue weighted by atomic mass is 10.1. The highest BCUT2D eigenvalue weighted by Gasteiger charge is 2.13. The molecule has 0 N–H and O–H groups in total. The average molecular weight is 228 g/mol. The Morgan fingerprint density at radius 2 is 2.12 bits per heavy atom. The number of carbonyl (C=O) groups is 1. The summed E-state index contributed by atoms with van der Waals surface area (Å²) in [6.45, 7) is 1.86. The fourth-order valence-corrected chi connectivity index (χ4v) is 1.92. The Morgan fingerprint density at radius 3 is 2.82 bits per heavy atom. The molecule has 1 aromatic rings. The zero-order chi connectivity index (χ0) is 12.1. The van der Waals surface area contributed by atoms with Crippen molar-refractivity contribution in [2.24, 2.45) is 0 Å². The van der Waals surface area contributed by atoms with Crippen molar-refractivity contribution in [3.63, 3.8) is 0 Å². The molecule has 0 spiro atoms. The maximum absolute atomic E-state index is 10.8. The van der Waals surface area contributed by atoms with Gasteiger partial charge >= 0.3 is 0 Å². The van der Waals surface area contributed by atoms with Crippen LogP contribution in [0.25, 0.3) is 0 Å². The van der Waals surface area contributed by atoms with Crippen molar-refractivity contribution < 1.29 is 9.53 Å². The number of rotatable bonds is 3. The predicted octanol–water partition coefficient (Wildman–Crippen LogP) is 3.05. The van der Waals surface area contributed by atoms with E-state index in [-0.39, 0.29) is 6.10 Å². The molecule has 0 saturated carbocycles. The van der Waals surface area contributed by atoms with Gasteiger partial charge in [-0.2, -0.15) is 0 Å². The van der Waals surface area contributed by atoms with Gasteiger partial charge in [0.05, 0.1) is 0 Å². The molecular weight excluding hydrogens is 212 g/mol. The number of aldehydes is 1. The van der Waals surface area contributed by atoms with Gasteiger partial charge < -0.3 is 4.74 Å². The van der Waals surface area contributed by atoms with E-state index in [1.54, 1.807) is 0 Å². The molecule has 0 bridgehead atoms. The van der Waals surface area contributed by atoms with Crippen LogP contribution in [-0.4, -0.2) is 12.4 Å². The lowest BCUT2D eigenvalue weighted by molar-refractivity contribution is -0.105. The highest BCUT2D eigenvalue weighted by Crippen LogP contribution is 2.18. The Morgan fingerprint density at radius 1 is 1.35 bits per heavy atom. The first kappa shape index (κ1) is 11.6. The third-order valence-corrected chi connectivity index (χ3v) is 2.89. The van der Waals surface area contributed by atoms with Crippen LogP contribution in [0.15, 0.2) is 53.8 Å². The molecule has 0 radical (unpaired) electrons. The highest BCUT2D eigenvalue weighted by molar-refractivity contribution is 5.74. The van der Waals surface area contributed by atoms with E-state index in [0.717, 1.165) is 24.0 Å². The molecule has 0 fully saturated rings. The van der Waals surface area contributed by atoms with Crippen molar-refractivity contribution in [3.05, 3.63) is 59.4 Å². The quantitative estimate of drug-likeness (QED) is 0.587. The topological polar surface area (TPSA) is 26.3 Å². The molecule has 1 aromatic carbocycles. The van der Waals surface area contributed by atoms with Gasteiger partial charge in [0.2, 0.25) is 0 Å². The molecule has 2 nitrogen and oxygen atoms in total. The third kappa shape index (κ3) is 3.06. The Kier molecular flexibility index (Phi) is 3.76. The molecule has 1 aliphatic rings. The van der Waals surface area contributed by atoms with Gasteiger partial charge in [0.25, 0.3) is 0 Å². The molecule has 2 heteroatoms. The van der Waals surface area contributed by atoms with E-state index in [1.165, 1.54) is 5.56 Å². The first-order valence-electron chi connectivity index (χ1n) is 5.82. The Hall–Kier alpha value is -1.83. The van der Waals surface area contributed by atoms with Gasteiger partial charge in [0, 0.05) is 12.0 Å².